The third kappa shape index (κ3) is 3.61. The van der Waals surface area contributed by atoms with Gasteiger partial charge in [-0.1, -0.05) is 12.1 Å². The van der Waals surface area contributed by atoms with E-state index in [4.69, 9.17) is 0 Å². The van der Waals surface area contributed by atoms with Crippen LogP contribution in [0.5, 0.6) is 0 Å². The van der Waals surface area contributed by atoms with Crippen molar-refractivity contribution in [1.82, 2.24) is 15.3 Å². The molecular formula is C13H13F2N3O. The summed E-state index contributed by atoms with van der Waals surface area (Å²) in [4.78, 5) is 18.5. The third-order valence-corrected chi connectivity index (χ3v) is 2.62. The normalized spacial score (nSPS) is 10.4. The second kappa shape index (κ2) is 6.08. The zero-order chi connectivity index (χ0) is 13.7. The molecule has 0 bridgehead atoms. The summed E-state index contributed by atoms with van der Waals surface area (Å²) in [6.45, 7) is 0.392. The summed E-state index contributed by atoms with van der Waals surface area (Å²) >= 11 is 0. The number of carbonyl (C=O) groups excluding carboxylic acids is 1. The van der Waals surface area contributed by atoms with Crippen LogP contribution in [0.2, 0.25) is 0 Å². The minimum Gasteiger partial charge on any atom is -0.355 e. The molecule has 0 saturated carbocycles. The Morgan fingerprint density at radius 1 is 1.37 bits per heavy atom. The number of H-pyrrole nitrogens is 1. The minimum atomic E-state index is -0.969. The lowest BCUT2D eigenvalue weighted by atomic mass is 10.1. The molecule has 6 heteroatoms. The fourth-order valence-corrected chi connectivity index (χ4v) is 1.68. The zero-order valence-electron chi connectivity index (χ0n) is 10.1. The van der Waals surface area contributed by atoms with Crippen molar-refractivity contribution in [2.24, 2.45) is 0 Å². The molecule has 1 aromatic heterocycles. The Bertz CT molecular complexity index is 555. The molecular weight excluding hydrogens is 252 g/mol. The van der Waals surface area contributed by atoms with E-state index in [0.29, 0.717) is 13.0 Å². The van der Waals surface area contributed by atoms with Crippen molar-refractivity contribution >= 4 is 5.91 Å². The van der Waals surface area contributed by atoms with E-state index in [1.807, 2.05) is 0 Å². The lowest BCUT2D eigenvalue weighted by Gasteiger charge is -2.05. The summed E-state index contributed by atoms with van der Waals surface area (Å²) in [6.07, 6.45) is 3.70. The highest BCUT2D eigenvalue weighted by Gasteiger charge is 2.11. The number of benzene rings is 1. The van der Waals surface area contributed by atoms with Crippen molar-refractivity contribution in [3.63, 3.8) is 0 Å². The van der Waals surface area contributed by atoms with Crippen LogP contribution >= 0.6 is 0 Å². The number of aromatic nitrogens is 2. The highest BCUT2D eigenvalue weighted by Crippen LogP contribution is 2.11. The largest absolute Gasteiger partial charge is 0.355 e. The topological polar surface area (TPSA) is 57.8 Å². The highest BCUT2D eigenvalue weighted by atomic mass is 19.2. The van der Waals surface area contributed by atoms with Crippen molar-refractivity contribution in [3.8, 4) is 0 Å². The average Bonchev–Trinajstić information content (AvgIpc) is 2.88. The number of carbonyl (C=O) groups is 1. The Morgan fingerprint density at radius 2 is 2.21 bits per heavy atom. The van der Waals surface area contributed by atoms with Crippen LogP contribution in [0, 0.1) is 11.6 Å². The minimum absolute atomic E-state index is 0.0514. The molecule has 19 heavy (non-hydrogen) atoms. The molecule has 100 valence electrons. The molecule has 0 spiro atoms. The van der Waals surface area contributed by atoms with Gasteiger partial charge in [0.15, 0.2) is 11.6 Å². The van der Waals surface area contributed by atoms with Crippen molar-refractivity contribution in [2.75, 3.05) is 6.54 Å². The van der Waals surface area contributed by atoms with Crippen LogP contribution in [0.1, 0.15) is 11.4 Å². The number of hydrogen-bond donors (Lipinski definition) is 2. The Hall–Kier alpha value is -2.24. The number of imidazole rings is 1. The first-order valence-electron chi connectivity index (χ1n) is 5.84. The van der Waals surface area contributed by atoms with Gasteiger partial charge in [-0.15, -0.1) is 0 Å². The third-order valence-electron chi connectivity index (χ3n) is 2.62. The molecule has 0 unspecified atom stereocenters. The fourth-order valence-electron chi connectivity index (χ4n) is 1.68. The molecule has 2 aromatic rings. The number of halogens is 2. The van der Waals surface area contributed by atoms with E-state index in [1.54, 1.807) is 12.4 Å². The highest BCUT2D eigenvalue weighted by molar-refractivity contribution is 5.78. The number of rotatable bonds is 5. The van der Waals surface area contributed by atoms with E-state index in [1.165, 1.54) is 12.1 Å². The number of nitrogens with one attached hydrogen (secondary N) is 2. The number of nitrogens with zero attached hydrogens (tertiary/aromatic N) is 1. The molecule has 0 atom stereocenters. The van der Waals surface area contributed by atoms with Gasteiger partial charge in [0.1, 0.15) is 5.82 Å². The Balaban J connectivity index is 1.82. The summed E-state index contributed by atoms with van der Waals surface area (Å²) < 4.78 is 26.3. The van der Waals surface area contributed by atoms with Gasteiger partial charge in [0.25, 0.3) is 0 Å². The van der Waals surface area contributed by atoms with Gasteiger partial charge >= 0.3 is 0 Å². The van der Waals surface area contributed by atoms with Crippen LogP contribution in [0.4, 0.5) is 8.78 Å². The number of hydrogen-bond acceptors (Lipinski definition) is 2. The summed E-state index contributed by atoms with van der Waals surface area (Å²) in [5.41, 5.74) is 0.0514. The van der Waals surface area contributed by atoms with Crippen molar-refractivity contribution in [3.05, 3.63) is 53.6 Å². The molecule has 0 saturated heterocycles. The van der Waals surface area contributed by atoms with E-state index < -0.39 is 11.6 Å². The van der Waals surface area contributed by atoms with Gasteiger partial charge in [-0.25, -0.2) is 13.8 Å². The number of aromatic amines is 1. The van der Waals surface area contributed by atoms with E-state index in [0.717, 1.165) is 11.9 Å². The average molecular weight is 265 g/mol. The summed E-state index contributed by atoms with van der Waals surface area (Å²) in [6, 6.07) is 3.79. The molecule has 0 fully saturated rings. The van der Waals surface area contributed by atoms with Crippen LogP contribution in [0.25, 0.3) is 0 Å². The molecule has 1 amide bonds. The molecule has 0 aliphatic heterocycles. The SMILES string of the molecule is O=C(Cc1cccc(F)c1F)NCCc1ncc[nH]1. The van der Waals surface area contributed by atoms with Crippen molar-refractivity contribution < 1.29 is 13.6 Å². The summed E-state index contributed by atoms with van der Waals surface area (Å²) in [7, 11) is 0. The molecule has 1 aromatic carbocycles. The van der Waals surface area contributed by atoms with Gasteiger partial charge in [-0.3, -0.25) is 4.79 Å². The van der Waals surface area contributed by atoms with Crippen LogP contribution in [0.3, 0.4) is 0 Å². The molecule has 2 N–H and O–H groups in total. The first-order valence-corrected chi connectivity index (χ1v) is 5.84. The van der Waals surface area contributed by atoms with E-state index in [9.17, 15) is 13.6 Å². The maximum atomic E-state index is 13.3. The fraction of sp³-hybridized carbons (Fsp3) is 0.231. The Labute approximate surface area is 108 Å². The number of amides is 1. The van der Waals surface area contributed by atoms with Crippen LogP contribution in [0.15, 0.2) is 30.6 Å². The molecule has 0 aliphatic carbocycles. The maximum absolute atomic E-state index is 13.3. The van der Waals surface area contributed by atoms with Gasteiger partial charge in [-0.05, 0) is 6.07 Å². The van der Waals surface area contributed by atoms with Gasteiger partial charge in [0, 0.05) is 30.9 Å². The first-order chi connectivity index (χ1) is 9.16. The maximum Gasteiger partial charge on any atom is 0.224 e. The van der Waals surface area contributed by atoms with Gasteiger partial charge in [0.2, 0.25) is 5.91 Å². The van der Waals surface area contributed by atoms with E-state index >= 15 is 0 Å². The van der Waals surface area contributed by atoms with Gasteiger partial charge in [-0.2, -0.15) is 0 Å². The van der Waals surface area contributed by atoms with Crippen LogP contribution in [-0.4, -0.2) is 22.4 Å². The predicted molar refractivity (Wildman–Crippen MR) is 65.4 cm³/mol. The quantitative estimate of drug-likeness (QED) is 0.862. The van der Waals surface area contributed by atoms with Crippen molar-refractivity contribution in [2.45, 2.75) is 12.8 Å². The van der Waals surface area contributed by atoms with Gasteiger partial charge in [0.05, 0.1) is 6.42 Å². The molecule has 4 nitrogen and oxygen atoms in total. The lowest BCUT2D eigenvalue weighted by Crippen LogP contribution is -2.27. The second-order valence-electron chi connectivity index (χ2n) is 4.03. The predicted octanol–water partition coefficient (Wildman–Crippen LogP) is 1.59. The van der Waals surface area contributed by atoms with E-state index in [2.05, 4.69) is 15.3 Å². The first kappa shape index (κ1) is 13.2. The van der Waals surface area contributed by atoms with Gasteiger partial charge < -0.3 is 10.3 Å². The zero-order valence-corrected chi connectivity index (χ0v) is 10.1. The van der Waals surface area contributed by atoms with E-state index in [-0.39, 0.29) is 17.9 Å². The molecule has 1 heterocycles. The Kier molecular flexibility index (Phi) is 4.22. The summed E-state index contributed by atoms with van der Waals surface area (Å²) in [5.74, 6) is -1.50. The Morgan fingerprint density at radius 3 is 2.95 bits per heavy atom. The summed E-state index contributed by atoms with van der Waals surface area (Å²) in [5, 5.41) is 2.63. The van der Waals surface area contributed by atoms with Crippen LogP contribution < -0.4 is 5.32 Å². The smallest absolute Gasteiger partial charge is 0.224 e. The monoisotopic (exact) mass is 265 g/mol. The van der Waals surface area contributed by atoms with Crippen molar-refractivity contribution in [1.29, 1.82) is 0 Å². The lowest BCUT2D eigenvalue weighted by molar-refractivity contribution is -0.120. The molecule has 0 radical (unpaired) electrons. The second-order valence-corrected chi connectivity index (χ2v) is 4.03. The molecule has 2 rings (SSSR count). The standard InChI is InChI=1S/C13H13F2N3O/c14-10-3-1-2-9(13(10)15)8-12(19)18-5-4-11-16-6-7-17-11/h1-3,6-7H,4-5,8H2,(H,16,17)(H,18,19). The molecule has 0 aliphatic rings. The van der Waals surface area contributed by atoms with Crippen LogP contribution in [-0.2, 0) is 17.6 Å².